The minimum atomic E-state index is 0.790. The molecule has 0 bridgehead atoms. The average Bonchev–Trinajstić information content (AvgIpc) is 2.39. The summed E-state index contributed by atoms with van der Waals surface area (Å²) in [7, 11) is 0. The van der Waals surface area contributed by atoms with Crippen molar-refractivity contribution in [1.82, 2.24) is 5.32 Å². The van der Waals surface area contributed by atoms with Crippen LogP contribution in [0.4, 0.5) is 0 Å². The maximum absolute atomic E-state index is 3.77. The van der Waals surface area contributed by atoms with E-state index >= 15 is 0 Å². The van der Waals surface area contributed by atoms with Crippen LogP contribution in [0.15, 0.2) is 0 Å². The van der Waals surface area contributed by atoms with Gasteiger partial charge in [-0.05, 0) is 31.7 Å². The van der Waals surface area contributed by atoms with Crippen molar-refractivity contribution in [3.05, 3.63) is 0 Å². The van der Waals surface area contributed by atoms with Crippen molar-refractivity contribution < 1.29 is 0 Å². The summed E-state index contributed by atoms with van der Waals surface area (Å²) >= 11 is 0. The van der Waals surface area contributed by atoms with Gasteiger partial charge in [0.25, 0.3) is 0 Å². The third kappa shape index (κ3) is 7.97. The van der Waals surface area contributed by atoms with E-state index in [2.05, 4.69) is 19.2 Å². The summed E-state index contributed by atoms with van der Waals surface area (Å²) in [5.41, 5.74) is 0. The molecule has 1 aliphatic rings. The third-order valence-electron chi connectivity index (χ3n) is 4.78. The highest BCUT2D eigenvalue weighted by Crippen LogP contribution is 2.25. The van der Waals surface area contributed by atoms with E-state index in [1.165, 1.54) is 83.5 Å². The highest BCUT2D eigenvalue weighted by Gasteiger charge is 2.19. The highest BCUT2D eigenvalue weighted by atomic mass is 14.9. The lowest BCUT2D eigenvalue weighted by atomic mass is 9.85. The quantitative estimate of drug-likeness (QED) is 0.675. The molecule has 0 aromatic heterocycles. The van der Waals surface area contributed by atoms with Gasteiger partial charge in [-0.3, -0.25) is 0 Å². The number of hydrogen-bond donors (Lipinski definition) is 1. The van der Waals surface area contributed by atoms with Crippen LogP contribution in [0.5, 0.6) is 0 Å². The maximum atomic E-state index is 3.77. The fourth-order valence-corrected chi connectivity index (χ4v) is 3.67. The summed E-state index contributed by atoms with van der Waals surface area (Å²) < 4.78 is 0. The molecule has 0 amide bonds. The van der Waals surface area contributed by atoms with Crippen molar-refractivity contribution in [2.75, 3.05) is 6.54 Å². The van der Waals surface area contributed by atoms with E-state index in [9.17, 15) is 0 Å². The van der Waals surface area contributed by atoms with Gasteiger partial charge in [0, 0.05) is 6.04 Å². The summed E-state index contributed by atoms with van der Waals surface area (Å²) in [5, 5.41) is 3.77. The highest BCUT2D eigenvalue weighted by molar-refractivity contribution is 4.76. The van der Waals surface area contributed by atoms with Crippen molar-refractivity contribution in [3.8, 4) is 0 Å². The Labute approximate surface area is 121 Å². The largest absolute Gasteiger partial charge is 0.314 e. The van der Waals surface area contributed by atoms with Crippen LogP contribution < -0.4 is 5.32 Å². The molecule has 0 heterocycles. The zero-order chi connectivity index (χ0) is 13.8. The molecule has 0 saturated heterocycles. The van der Waals surface area contributed by atoms with Crippen LogP contribution in [0.2, 0.25) is 0 Å². The molecule has 0 spiro atoms. The summed E-state index contributed by atoms with van der Waals surface area (Å²) in [6.45, 7) is 5.74. The van der Waals surface area contributed by atoms with E-state index in [0.29, 0.717) is 0 Å². The first-order valence-corrected chi connectivity index (χ1v) is 9.11. The van der Waals surface area contributed by atoms with Crippen molar-refractivity contribution in [2.24, 2.45) is 5.92 Å². The van der Waals surface area contributed by atoms with Gasteiger partial charge >= 0.3 is 0 Å². The van der Waals surface area contributed by atoms with Gasteiger partial charge in [-0.25, -0.2) is 0 Å². The van der Waals surface area contributed by atoms with Crippen LogP contribution in [-0.2, 0) is 0 Å². The molecule has 1 rings (SSSR count). The monoisotopic (exact) mass is 267 g/mol. The van der Waals surface area contributed by atoms with Crippen molar-refractivity contribution >= 4 is 0 Å². The standard InChI is InChI=1S/C18H37N/c1-3-14-18(19-4-2)17-15-12-10-8-6-5-7-9-11-13-16-17/h17-19H,3-16H2,1-2H3. The van der Waals surface area contributed by atoms with Crippen LogP contribution in [0.3, 0.4) is 0 Å². The second-order valence-electron chi connectivity index (χ2n) is 6.47. The third-order valence-corrected chi connectivity index (χ3v) is 4.78. The Morgan fingerprint density at radius 3 is 1.68 bits per heavy atom. The van der Waals surface area contributed by atoms with Crippen molar-refractivity contribution in [3.63, 3.8) is 0 Å². The van der Waals surface area contributed by atoms with Gasteiger partial charge in [0.2, 0.25) is 0 Å². The molecule has 0 aromatic rings. The Bertz CT molecular complexity index is 172. The lowest BCUT2D eigenvalue weighted by Crippen LogP contribution is -2.36. The first-order valence-electron chi connectivity index (χ1n) is 9.11. The molecule has 0 aliphatic heterocycles. The zero-order valence-electron chi connectivity index (χ0n) is 13.6. The Balaban J connectivity index is 2.43. The van der Waals surface area contributed by atoms with E-state index < -0.39 is 0 Å². The molecule has 0 radical (unpaired) electrons. The minimum absolute atomic E-state index is 0.790. The topological polar surface area (TPSA) is 12.0 Å². The molecule has 1 saturated carbocycles. The second-order valence-corrected chi connectivity index (χ2v) is 6.47. The fourth-order valence-electron chi connectivity index (χ4n) is 3.67. The Morgan fingerprint density at radius 2 is 1.26 bits per heavy atom. The molecule has 0 aromatic carbocycles. The maximum Gasteiger partial charge on any atom is 0.00951 e. The summed E-state index contributed by atoms with van der Waals surface area (Å²) in [6, 6.07) is 0.790. The van der Waals surface area contributed by atoms with Gasteiger partial charge in [0.15, 0.2) is 0 Å². The predicted molar refractivity (Wildman–Crippen MR) is 86.6 cm³/mol. The van der Waals surface area contributed by atoms with Crippen molar-refractivity contribution in [2.45, 2.75) is 103 Å². The second kappa shape index (κ2) is 11.8. The van der Waals surface area contributed by atoms with E-state index in [1.807, 2.05) is 0 Å². The summed E-state index contributed by atoms with van der Waals surface area (Å²) in [6.07, 6.45) is 18.9. The molecule has 1 unspecified atom stereocenters. The SMILES string of the molecule is CCCC(NCC)C1CCCCCCCCCCC1. The Morgan fingerprint density at radius 1 is 0.789 bits per heavy atom. The van der Waals surface area contributed by atoms with E-state index in [1.54, 1.807) is 0 Å². The normalized spacial score (nSPS) is 22.4. The lowest BCUT2D eigenvalue weighted by molar-refractivity contribution is 0.284. The van der Waals surface area contributed by atoms with E-state index in [-0.39, 0.29) is 0 Å². The fraction of sp³-hybridized carbons (Fsp3) is 1.00. The number of hydrogen-bond acceptors (Lipinski definition) is 1. The number of rotatable bonds is 5. The van der Waals surface area contributed by atoms with Crippen LogP contribution >= 0.6 is 0 Å². The van der Waals surface area contributed by atoms with Crippen molar-refractivity contribution in [1.29, 1.82) is 0 Å². The first kappa shape index (κ1) is 17.0. The Kier molecular flexibility index (Phi) is 10.5. The van der Waals surface area contributed by atoms with Crippen LogP contribution in [-0.4, -0.2) is 12.6 Å². The molecule has 1 N–H and O–H groups in total. The minimum Gasteiger partial charge on any atom is -0.314 e. The molecule has 1 nitrogen and oxygen atoms in total. The lowest BCUT2D eigenvalue weighted by Gasteiger charge is -2.28. The molecule has 114 valence electrons. The molecule has 1 fully saturated rings. The molecule has 1 atom stereocenters. The molecular formula is C18H37N. The van der Waals surface area contributed by atoms with E-state index in [0.717, 1.165) is 18.5 Å². The Hall–Kier alpha value is -0.0400. The van der Waals surface area contributed by atoms with Gasteiger partial charge in [-0.1, -0.05) is 78.1 Å². The van der Waals surface area contributed by atoms with Gasteiger partial charge in [0.1, 0.15) is 0 Å². The summed E-state index contributed by atoms with van der Waals surface area (Å²) in [4.78, 5) is 0. The smallest absolute Gasteiger partial charge is 0.00951 e. The van der Waals surface area contributed by atoms with E-state index in [4.69, 9.17) is 0 Å². The van der Waals surface area contributed by atoms with Gasteiger partial charge in [-0.2, -0.15) is 0 Å². The van der Waals surface area contributed by atoms with Crippen LogP contribution in [0.1, 0.15) is 97.3 Å². The van der Waals surface area contributed by atoms with Gasteiger partial charge in [0.05, 0.1) is 0 Å². The van der Waals surface area contributed by atoms with Crippen LogP contribution in [0, 0.1) is 5.92 Å². The summed E-state index contributed by atoms with van der Waals surface area (Å²) in [5.74, 6) is 0.944. The molecular weight excluding hydrogens is 230 g/mol. The molecule has 1 aliphatic carbocycles. The van der Waals surface area contributed by atoms with Crippen LogP contribution in [0.25, 0.3) is 0 Å². The predicted octanol–water partition coefficient (Wildman–Crippen LogP) is 5.69. The average molecular weight is 268 g/mol. The zero-order valence-corrected chi connectivity index (χ0v) is 13.6. The van der Waals surface area contributed by atoms with Gasteiger partial charge < -0.3 is 5.32 Å². The molecule has 19 heavy (non-hydrogen) atoms. The van der Waals surface area contributed by atoms with Gasteiger partial charge in [-0.15, -0.1) is 0 Å². The first-order chi connectivity index (χ1) is 9.38. The molecule has 1 heteroatoms. The number of nitrogens with one attached hydrogen (secondary N) is 1.